The maximum Gasteiger partial charge on any atom is 0.269 e. The number of nitro benzene ring substituents is 1. The number of hydrogen-bond acceptors (Lipinski definition) is 3. The maximum absolute atomic E-state index is 10.6. The minimum atomic E-state index is -0.345. The van der Waals surface area contributed by atoms with Gasteiger partial charge in [-0.25, -0.2) is 0 Å². The lowest BCUT2D eigenvalue weighted by Crippen LogP contribution is -2.20. The van der Waals surface area contributed by atoms with Gasteiger partial charge in [-0.2, -0.15) is 0 Å². The highest BCUT2D eigenvalue weighted by atomic mass is 16.6. The van der Waals surface area contributed by atoms with Crippen LogP contribution in [0.5, 0.6) is 0 Å². The molecule has 4 nitrogen and oxygen atoms in total. The van der Waals surface area contributed by atoms with Gasteiger partial charge >= 0.3 is 0 Å². The summed E-state index contributed by atoms with van der Waals surface area (Å²) in [6.07, 6.45) is 2.35. The summed E-state index contributed by atoms with van der Waals surface area (Å²) in [7, 11) is 0. The van der Waals surface area contributed by atoms with Crippen LogP contribution in [0.2, 0.25) is 0 Å². The van der Waals surface area contributed by atoms with E-state index < -0.39 is 0 Å². The van der Waals surface area contributed by atoms with Gasteiger partial charge in [0.2, 0.25) is 0 Å². The fourth-order valence-corrected chi connectivity index (χ4v) is 2.49. The number of nitro groups is 1. The van der Waals surface area contributed by atoms with Crippen LogP contribution in [-0.4, -0.2) is 29.5 Å². The van der Waals surface area contributed by atoms with E-state index in [0.717, 1.165) is 26.1 Å². The van der Waals surface area contributed by atoms with Crippen molar-refractivity contribution in [3.05, 3.63) is 39.9 Å². The van der Waals surface area contributed by atoms with Crippen molar-refractivity contribution in [1.82, 2.24) is 4.90 Å². The smallest absolute Gasteiger partial charge is 0.269 e. The molecule has 1 atom stereocenters. The van der Waals surface area contributed by atoms with Gasteiger partial charge in [0.15, 0.2) is 0 Å². The van der Waals surface area contributed by atoms with Crippen molar-refractivity contribution >= 4 is 5.69 Å². The first-order valence-corrected chi connectivity index (χ1v) is 6.17. The molecule has 0 radical (unpaired) electrons. The molecule has 92 valence electrons. The summed E-state index contributed by atoms with van der Waals surface area (Å²) < 4.78 is 0. The third-order valence-electron chi connectivity index (χ3n) is 3.39. The largest absolute Gasteiger partial charge is 0.303 e. The number of non-ortho nitro benzene ring substituents is 1. The van der Waals surface area contributed by atoms with Crippen molar-refractivity contribution in [2.24, 2.45) is 0 Å². The standard InChI is InChI=1S/C13H18N2O2/c1-2-8-14-9-7-12(10-14)11-3-5-13(6-4-11)15(16)17/h3-6,12H,2,7-10H2,1H3. The van der Waals surface area contributed by atoms with E-state index in [1.165, 1.54) is 12.0 Å². The monoisotopic (exact) mass is 234 g/mol. The number of hydrogen-bond donors (Lipinski definition) is 0. The molecular formula is C13H18N2O2. The third-order valence-corrected chi connectivity index (χ3v) is 3.39. The Morgan fingerprint density at radius 3 is 2.71 bits per heavy atom. The first-order valence-electron chi connectivity index (χ1n) is 6.17. The summed E-state index contributed by atoms with van der Waals surface area (Å²) >= 11 is 0. The Morgan fingerprint density at radius 2 is 2.12 bits per heavy atom. The molecule has 1 aromatic rings. The zero-order chi connectivity index (χ0) is 12.3. The first kappa shape index (κ1) is 12.0. The van der Waals surface area contributed by atoms with E-state index in [1.54, 1.807) is 12.1 Å². The molecule has 1 heterocycles. The van der Waals surface area contributed by atoms with Gasteiger partial charge in [0.1, 0.15) is 0 Å². The normalized spacial score (nSPS) is 20.6. The zero-order valence-electron chi connectivity index (χ0n) is 10.1. The van der Waals surface area contributed by atoms with E-state index in [2.05, 4.69) is 11.8 Å². The second kappa shape index (κ2) is 5.27. The Kier molecular flexibility index (Phi) is 3.74. The quantitative estimate of drug-likeness (QED) is 0.594. The van der Waals surface area contributed by atoms with E-state index in [1.807, 2.05) is 12.1 Å². The predicted molar refractivity (Wildman–Crippen MR) is 67.2 cm³/mol. The fourth-order valence-electron chi connectivity index (χ4n) is 2.49. The topological polar surface area (TPSA) is 46.4 Å². The number of nitrogens with zero attached hydrogens (tertiary/aromatic N) is 2. The highest BCUT2D eigenvalue weighted by molar-refractivity contribution is 5.34. The van der Waals surface area contributed by atoms with E-state index in [4.69, 9.17) is 0 Å². The minimum absolute atomic E-state index is 0.178. The van der Waals surface area contributed by atoms with Crippen LogP contribution in [-0.2, 0) is 0 Å². The van der Waals surface area contributed by atoms with Gasteiger partial charge in [-0.05, 0) is 37.4 Å². The second-order valence-corrected chi connectivity index (χ2v) is 4.63. The molecule has 0 amide bonds. The molecule has 4 heteroatoms. The van der Waals surface area contributed by atoms with Gasteiger partial charge < -0.3 is 4.90 Å². The van der Waals surface area contributed by atoms with Gasteiger partial charge in [0, 0.05) is 18.7 Å². The van der Waals surface area contributed by atoms with Crippen molar-refractivity contribution in [2.75, 3.05) is 19.6 Å². The molecule has 0 spiro atoms. The van der Waals surface area contributed by atoms with Crippen molar-refractivity contribution in [1.29, 1.82) is 0 Å². The Labute approximate surface area is 101 Å². The van der Waals surface area contributed by atoms with E-state index in [-0.39, 0.29) is 10.6 Å². The summed E-state index contributed by atoms with van der Waals surface area (Å²) in [6, 6.07) is 7.02. The first-order chi connectivity index (χ1) is 8.20. The van der Waals surface area contributed by atoms with E-state index in [9.17, 15) is 10.1 Å². The lowest BCUT2D eigenvalue weighted by atomic mass is 9.98. The Bertz CT molecular complexity index is 389. The Hall–Kier alpha value is -1.42. The van der Waals surface area contributed by atoms with Crippen molar-refractivity contribution in [2.45, 2.75) is 25.7 Å². The summed E-state index contributed by atoms with van der Waals surface area (Å²) in [4.78, 5) is 12.7. The fraction of sp³-hybridized carbons (Fsp3) is 0.538. The number of benzene rings is 1. The summed E-state index contributed by atoms with van der Waals surface area (Å²) in [5.74, 6) is 0.544. The Balaban J connectivity index is 2.01. The highest BCUT2D eigenvalue weighted by Crippen LogP contribution is 2.28. The molecule has 0 aromatic heterocycles. The van der Waals surface area contributed by atoms with Crippen LogP contribution in [0.15, 0.2) is 24.3 Å². The van der Waals surface area contributed by atoms with Gasteiger partial charge in [-0.3, -0.25) is 10.1 Å². The molecule has 17 heavy (non-hydrogen) atoms. The highest BCUT2D eigenvalue weighted by Gasteiger charge is 2.23. The van der Waals surface area contributed by atoms with Crippen molar-refractivity contribution in [3.8, 4) is 0 Å². The zero-order valence-corrected chi connectivity index (χ0v) is 10.1. The van der Waals surface area contributed by atoms with E-state index >= 15 is 0 Å². The van der Waals surface area contributed by atoms with Crippen molar-refractivity contribution in [3.63, 3.8) is 0 Å². The molecule has 1 aromatic carbocycles. The molecule has 0 saturated carbocycles. The summed E-state index contributed by atoms with van der Waals surface area (Å²) in [5.41, 5.74) is 1.41. The molecule has 1 fully saturated rings. The predicted octanol–water partition coefficient (Wildman–Crippen LogP) is 2.79. The lowest BCUT2D eigenvalue weighted by molar-refractivity contribution is -0.384. The molecule has 1 aliphatic rings. The van der Waals surface area contributed by atoms with Crippen LogP contribution in [0.3, 0.4) is 0 Å². The van der Waals surface area contributed by atoms with Crippen LogP contribution in [0.4, 0.5) is 5.69 Å². The average Bonchev–Trinajstić information content (AvgIpc) is 2.78. The molecule has 1 saturated heterocycles. The Morgan fingerprint density at radius 1 is 1.41 bits per heavy atom. The van der Waals surface area contributed by atoms with Gasteiger partial charge in [-0.1, -0.05) is 19.1 Å². The van der Waals surface area contributed by atoms with Crippen LogP contribution in [0.25, 0.3) is 0 Å². The van der Waals surface area contributed by atoms with Gasteiger partial charge in [-0.15, -0.1) is 0 Å². The number of likely N-dealkylation sites (tertiary alicyclic amines) is 1. The molecule has 1 aliphatic heterocycles. The van der Waals surface area contributed by atoms with Crippen molar-refractivity contribution < 1.29 is 4.92 Å². The number of rotatable bonds is 4. The molecule has 1 unspecified atom stereocenters. The third kappa shape index (κ3) is 2.82. The van der Waals surface area contributed by atoms with Crippen LogP contribution in [0.1, 0.15) is 31.2 Å². The van der Waals surface area contributed by atoms with Gasteiger partial charge in [0.25, 0.3) is 5.69 Å². The molecular weight excluding hydrogens is 216 g/mol. The lowest BCUT2D eigenvalue weighted by Gasteiger charge is -2.14. The summed E-state index contributed by atoms with van der Waals surface area (Å²) in [5, 5.41) is 10.6. The van der Waals surface area contributed by atoms with Crippen LogP contribution in [0, 0.1) is 10.1 Å². The summed E-state index contributed by atoms with van der Waals surface area (Å²) in [6.45, 7) is 5.59. The van der Waals surface area contributed by atoms with E-state index in [0.29, 0.717) is 5.92 Å². The van der Waals surface area contributed by atoms with Crippen LogP contribution < -0.4 is 0 Å². The van der Waals surface area contributed by atoms with Crippen LogP contribution >= 0.6 is 0 Å². The second-order valence-electron chi connectivity index (χ2n) is 4.63. The maximum atomic E-state index is 10.6. The average molecular weight is 234 g/mol. The minimum Gasteiger partial charge on any atom is -0.303 e. The molecule has 2 rings (SSSR count). The SMILES string of the molecule is CCCN1CCC(c2ccc([N+](=O)[O-])cc2)C1. The molecule has 0 N–H and O–H groups in total. The molecule has 0 bridgehead atoms. The van der Waals surface area contributed by atoms with Gasteiger partial charge in [0.05, 0.1) is 4.92 Å². The molecule has 0 aliphatic carbocycles.